The minimum Gasteiger partial charge on any atom is -0.497 e. The number of fused-ring (bicyclic) bond motifs is 1. The average Bonchev–Trinajstić information content (AvgIpc) is 3.66. The molecule has 1 aliphatic rings. The molecule has 1 amide bonds. The van der Waals surface area contributed by atoms with Crippen molar-refractivity contribution >= 4 is 67.7 Å². The molecule has 2 heterocycles. The molecule has 8 nitrogen and oxygen atoms in total. The molecule has 1 atom stereocenters. The zero-order chi connectivity index (χ0) is 26.3. The Morgan fingerprint density at radius 3 is 2.51 bits per heavy atom. The summed E-state index contributed by atoms with van der Waals surface area (Å²) in [5.41, 5.74) is 11.1. The summed E-state index contributed by atoms with van der Waals surface area (Å²) in [6.07, 6.45) is 0. The van der Waals surface area contributed by atoms with E-state index in [9.17, 15) is 4.79 Å². The molecule has 0 radical (unpaired) electrons. The number of aryl methyl sites for hydroxylation is 1. The lowest BCUT2D eigenvalue weighted by molar-refractivity contribution is -0.120. The highest BCUT2D eigenvalue weighted by atomic mass is 35.5. The predicted octanol–water partition coefficient (Wildman–Crippen LogP) is 5.84. The molecule has 5 rings (SSSR count). The number of nitrogens with one attached hydrogen (secondary N) is 2. The number of para-hydroxylation sites is 2. The van der Waals surface area contributed by atoms with Crippen molar-refractivity contribution in [3.05, 3.63) is 71.2 Å². The number of carbonyl (C=O) groups excluding carboxylic acids is 1. The number of anilines is 4. The fourth-order valence-electron chi connectivity index (χ4n) is 3.66. The van der Waals surface area contributed by atoms with Crippen LogP contribution in [-0.2, 0) is 4.79 Å². The summed E-state index contributed by atoms with van der Waals surface area (Å²) in [7, 11) is 1.24. The number of hydrogen-bond donors (Lipinski definition) is 3. The van der Waals surface area contributed by atoms with E-state index in [4.69, 9.17) is 32.0 Å². The topological polar surface area (TPSA) is 105 Å². The van der Waals surface area contributed by atoms with Crippen molar-refractivity contribution in [1.82, 2.24) is 9.97 Å². The van der Waals surface area contributed by atoms with E-state index in [0.717, 1.165) is 21.5 Å². The highest BCUT2D eigenvalue weighted by molar-refractivity contribution is 8.24. The lowest BCUT2D eigenvalue weighted by atomic mass is 10.1. The number of methoxy groups -OCH3 is 1. The van der Waals surface area contributed by atoms with Gasteiger partial charge < -0.3 is 21.1 Å². The fourth-order valence-corrected chi connectivity index (χ4v) is 5.48. The Morgan fingerprint density at radius 2 is 1.81 bits per heavy atom. The van der Waals surface area contributed by atoms with E-state index < -0.39 is 5.54 Å². The van der Waals surface area contributed by atoms with Crippen LogP contribution in [0.5, 0.6) is 5.75 Å². The first kappa shape index (κ1) is 25.0. The molecule has 3 aromatic carbocycles. The number of carbonyl (C=O) groups is 1. The van der Waals surface area contributed by atoms with E-state index in [-0.39, 0.29) is 16.6 Å². The van der Waals surface area contributed by atoms with Gasteiger partial charge in [-0.05, 0) is 73.4 Å². The zero-order valence-electron chi connectivity index (χ0n) is 20.9. The van der Waals surface area contributed by atoms with Crippen molar-refractivity contribution < 1.29 is 9.53 Å². The lowest BCUT2D eigenvalue weighted by Gasteiger charge is -2.19. The maximum absolute atomic E-state index is 12.4. The molecule has 0 bridgehead atoms. The number of nitrogens with zero attached hydrogens (tertiary/aromatic N) is 3. The second-order valence-electron chi connectivity index (χ2n) is 9.26. The number of amides is 1. The average molecular weight is 535 g/mol. The second kappa shape index (κ2) is 9.66. The summed E-state index contributed by atoms with van der Waals surface area (Å²) in [5, 5.41) is 6.81. The molecule has 10 heteroatoms. The molecule has 0 aliphatic carbocycles. The van der Waals surface area contributed by atoms with Crippen molar-refractivity contribution in [1.29, 1.82) is 0 Å². The monoisotopic (exact) mass is 534 g/mol. The van der Waals surface area contributed by atoms with Crippen LogP contribution in [0.25, 0.3) is 11.0 Å². The quantitative estimate of drug-likeness (QED) is 0.256. The van der Waals surface area contributed by atoms with Crippen LogP contribution in [0.3, 0.4) is 0 Å². The van der Waals surface area contributed by atoms with Gasteiger partial charge in [0.2, 0.25) is 5.91 Å². The Hall–Kier alpha value is -3.66. The van der Waals surface area contributed by atoms with Crippen LogP contribution in [-0.4, -0.2) is 34.0 Å². The van der Waals surface area contributed by atoms with E-state index in [2.05, 4.69) is 20.4 Å². The first-order valence-electron chi connectivity index (χ1n) is 11.6. The largest absolute Gasteiger partial charge is 0.497 e. The molecule has 37 heavy (non-hydrogen) atoms. The Labute approximate surface area is 222 Å². The molecule has 1 aromatic heterocycles. The first-order valence-corrected chi connectivity index (χ1v) is 13.2. The second-order valence-corrected chi connectivity index (χ2v) is 11.3. The molecule has 4 aromatic rings. The molecule has 4 N–H and O–H groups in total. The summed E-state index contributed by atoms with van der Waals surface area (Å²) >= 11 is 6.48. The third-order valence-corrected chi connectivity index (χ3v) is 7.92. The number of rotatable bonds is 7. The maximum Gasteiger partial charge on any atom is 0.243 e. The smallest absolute Gasteiger partial charge is 0.243 e. The van der Waals surface area contributed by atoms with E-state index in [1.807, 2.05) is 55.5 Å². The van der Waals surface area contributed by atoms with E-state index >= 15 is 0 Å². The lowest BCUT2D eigenvalue weighted by Crippen LogP contribution is -2.45. The van der Waals surface area contributed by atoms with E-state index in [1.54, 1.807) is 33.1 Å². The van der Waals surface area contributed by atoms with Crippen molar-refractivity contribution in [2.45, 2.75) is 31.2 Å². The molecule has 0 spiro atoms. The van der Waals surface area contributed by atoms with Crippen LogP contribution in [0.2, 0.25) is 5.02 Å². The number of hydrogen-bond acceptors (Lipinski definition) is 7. The van der Waals surface area contributed by atoms with Gasteiger partial charge >= 0.3 is 0 Å². The van der Waals surface area contributed by atoms with E-state index in [0.29, 0.717) is 33.8 Å². The molecule has 1 unspecified atom stereocenters. The Morgan fingerprint density at radius 1 is 1.08 bits per heavy atom. The van der Waals surface area contributed by atoms with Gasteiger partial charge in [-0.15, -0.1) is 0 Å². The fraction of sp³-hybridized carbons (Fsp3) is 0.185. The molecule has 0 saturated heterocycles. The Bertz CT molecular complexity index is 1570. The van der Waals surface area contributed by atoms with Crippen LogP contribution in [0.4, 0.5) is 23.0 Å². The Balaban J connectivity index is 1.50. The van der Waals surface area contributed by atoms with Crippen molar-refractivity contribution in [3.63, 3.8) is 0 Å². The van der Waals surface area contributed by atoms with Gasteiger partial charge in [0.15, 0.2) is 11.6 Å². The van der Waals surface area contributed by atoms with Crippen LogP contribution < -0.4 is 25.4 Å². The summed E-state index contributed by atoms with van der Waals surface area (Å²) in [6, 6.07) is 19.0. The van der Waals surface area contributed by atoms with Crippen molar-refractivity contribution in [3.8, 4) is 5.75 Å². The van der Waals surface area contributed by atoms with Gasteiger partial charge in [0.1, 0.15) is 5.75 Å². The number of ether oxygens (including phenoxy) is 1. The number of aromatic nitrogens is 2. The van der Waals surface area contributed by atoms with Crippen LogP contribution >= 0.6 is 22.3 Å². The van der Waals surface area contributed by atoms with Gasteiger partial charge in [-0.2, -0.15) is 0 Å². The van der Waals surface area contributed by atoms with Gasteiger partial charge in [-0.1, -0.05) is 29.8 Å². The van der Waals surface area contributed by atoms with Gasteiger partial charge in [-0.3, -0.25) is 9.10 Å². The zero-order valence-corrected chi connectivity index (χ0v) is 22.4. The number of benzene rings is 3. The van der Waals surface area contributed by atoms with Gasteiger partial charge in [0.05, 0.1) is 39.9 Å². The van der Waals surface area contributed by atoms with Gasteiger partial charge in [-0.25, -0.2) is 9.97 Å². The SMILES string of the molecule is COc1ccc(Cl)c(Nc2nc3ccccc3nc2N2C=S2c2cc(NC(=O)C(C)(C)N)ccc2C)c1. The third-order valence-electron chi connectivity index (χ3n) is 5.81. The molecule has 1 aliphatic heterocycles. The molecular weight excluding hydrogens is 508 g/mol. The summed E-state index contributed by atoms with van der Waals surface area (Å²) in [6.45, 7) is 5.40. The number of halogens is 1. The standard InChI is InChI=1S/C27H27ClN6O2S/c1-16-9-10-17(30-26(35)27(2,3)29)13-23(16)37-15-34(37)25-24(31-20-7-5-6-8-21(20)33-25)32-22-14-18(36-4)11-12-19(22)28/h5-15H,29H2,1-4H3,(H,30,35)(H,31,32). The molecular formula is C27H27ClN6O2S. The minimum absolute atomic E-state index is 0.246. The third kappa shape index (κ3) is 5.24. The van der Waals surface area contributed by atoms with Gasteiger partial charge in [0, 0.05) is 16.6 Å². The van der Waals surface area contributed by atoms with Crippen molar-refractivity contribution in [2.75, 3.05) is 22.0 Å². The predicted molar refractivity (Wildman–Crippen MR) is 153 cm³/mol. The summed E-state index contributed by atoms with van der Waals surface area (Å²) in [5.74, 6) is 1.68. The highest BCUT2D eigenvalue weighted by Gasteiger charge is 2.30. The van der Waals surface area contributed by atoms with Crippen LogP contribution in [0.15, 0.2) is 65.6 Å². The maximum atomic E-state index is 12.4. The first-order chi connectivity index (χ1) is 17.6. The van der Waals surface area contributed by atoms with Crippen LogP contribution in [0, 0.1) is 6.92 Å². The number of nitrogens with two attached hydrogens (primary N) is 1. The van der Waals surface area contributed by atoms with Crippen molar-refractivity contribution in [2.24, 2.45) is 5.73 Å². The summed E-state index contributed by atoms with van der Waals surface area (Å²) in [4.78, 5) is 23.3. The van der Waals surface area contributed by atoms with E-state index in [1.165, 1.54) is 0 Å². The molecule has 0 fully saturated rings. The Kier molecular flexibility index (Phi) is 6.53. The highest BCUT2D eigenvalue weighted by Crippen LogP contribution is 2.48. The molecule has 190 valence electrons. The molecule has 0 saturated carbocycles. The minimum atomic E-state index is -0.978. The van der Waals surface area contributed by atoms with Gasteiger partial charge in [0.25, 0.3) is 0 Å². The summed E-state index contributed by atoms with van der Waals surface area (Å²) < 4.78 is 7.45. The normalized spacial score (nSPS) is 14.8. The van der Waals surface area contributed by atoms with Crippen LogP contribution in [0.1, 0.15) is 19.4 Å².